The Labute approximate surface area is 262 Å². The SMILES string of the molecule is CCCCCCCCCCCCCCCCOC(=O)CC[C@H](N)C(=O)OCCCCCCCCCCCCCCCC. The van der Waals surface area contributed by atoms with Gasteiger partial charge in [0.1, 0.15) is 6.04 Å². The molecule has 0 aromatic carbocycles. The Morgan fingerprint density at radius 1 is 0.452 bits per heavy atom. The lowest BCUT2D eigenvalue weighted by molar-refractivity contribution is -0.146. The van der Waals surface area contributed by atoms with Crippen molar-refractivity contribution >= 4 is 11.9 Å². The normalized spacial score (nSPS) is 12.0. The lowest BCUT2D eigenvalue weighted by atomic mass is 10.0. The molecule has 2 N–H and O–H groups in total. The minimum absolute atomic E-state index is 0.174. The van der Waals surface area contributed by atoms with Gasteiger partial charge < -0.3 is 15.2 Å². The van der Waals surface area contributed by atoms with Crippen LogP contribution in [0.3, 0.4) is 0 Å². The van der Waals surface area contributed by atoms with Crippen LogP contribution in [0.1, 0.15) is 206 Å². The molecule has 0 heterocycles. The molecule has 0 saturated heterocycles. The highest BCUT2D eigenvalue weighted by molar-refractivity contribution is 5.77. The Balaban J connectivity index is 3.39. The van der Waals surface area contributed by atoms with Crippen molar-refractivity contribution in [2.45, 2.75) is 213 Å². The Bertz CT molecular complexity index is 568. The van der Waals surface area contributed by atoms with Crippen LogP contribution in [0, 0.1) is 0 Å². The summed E-state index contributed by atoms with van der Waals surface area (Å²) in [6.07, 6.45) is 37.0. The number of hydrogen-bond acceptors (Lipinski definition) is 5. The smallest absolute Gasteiger partial charge is 0.322 e. The van der Waals surface area contributed by atoms with E-state index in [0.717, 1.165) is 25.7 Å². The average molecular weight is 596 g/mol. The molecular formula is C37H73NO4. The highest BCUT2D eigenvalue weighted by atomic mass is 16.5. The zero-order chi connectivity index (χ0) is 30.8. The van der Waals surface area contributed by atoms with Gasteiger partial charge in [-0.1, -0.05) is 181 Å². The third-order valence-electron chi connectivity index (χ3n) is 8.47. The molecule has 250 valence electrons. The molecule has 0 amide bonds. The maximum atomic E-state index is 12.1. The number of ether oxygens (including phenoxy) is 2. The Hall–Kier alpha value is -1.10. The first-order valence-corrected chi connectivity index (χ1v) is 18.7. The predicted octanol–water partition coefficient (Wildman–Crippen LogP) is 11.1. The van der Waals surface area contributed by atoms with Gasteiger partial charge in [-0.25, -0.2) is 0 Å². The summed E-state index contributed by atoms with van der Waals surface area (Å²) in [6.45, 7) is 5.43. The molecule has 0 fully saturated rings. The van der Waals surface area contributed by atoms with E-state index < -0.39 is 12.0 Å². The minimum atomic E-state index is -0.745. The summed E-state index contributed by atoms with van der Waals surface area (Å²) in [5.74, 6) is -0.663. The van der Waals surface area contributed by atoms with Gasteiger partial charge in [0.2, 0.25) is 0 Å². The fourth-order valence-corrected chi connectivity index (χ4v) is 5.52. The predicted molar refractivity (Wildman–Crippen MR) is 180 cm³/mol. The van der Waals surface area contributed by atoms with Crippen LogP contribution in [0.2, 0.25) is 0 Å². The molecule has 0 unspecified atom stereocenters. The van der Waals surface area contributed by atoms with Crippen molar-refractivity contribution in [3.05, 3.63) is 0 Å². The maximum absolute atomic E-state index is 12.1. The van der Waals surface area contributed by atoms with Crippen LogP contribution in [-0.2, 0) is 19.1 Å². The fraction of sp³-hybridized carbons (Fsp3) is 0.946. The molecule has 0 aliphatic carbocycles. The first-order chi connectivity index (χ1) is 20.6. The fourth-order valence-electron chi connectivity index (χ4n) is 5.52. The summed E-state index contributed by atoms with van der Waals surface area (Å²) >= 11 is 0. The van der Waals surface area contributed by atoms with E-state index in [9.17, 15) is 9.59 Å². The molecule has 0 aliphatic rings. The summed E-state index contributed by atoms with van der Waals surface area (Å²) in [7, 11) is 0. The summed E-state index contributed by atoms with van der Waals surface area (Å²) in [4.78, 5) is 24.1. The summed E-state index contributed by atoms with van der Waals surface area (Å²) < 4.78 is 10.6. The van der Waals surface area contributed by atoms with Crippen molar-refractivity contribution in [3.63, 3.8) is 0 Å². The van der Waals surface area contributed by atoms with Crippen LogP contribution in [0.4, 0.5) is 0 Å². The standard InChI is InChI=1S/C37H73NO4/c1-3-5-7-9-11-13-15-17-19-21-23-25-27-29-33-41-36(39)32-31-35(38)37(40)42-34-30-28-26-24-22-20-18-16-14-12-10-8-6-4-2/h35H,3-34,38H2,1-2H3/t35-/m0/s1. The van der Waals surface area contributed by atoms with Gasteiger partial charge in [0.05, 0.1) is 13.2 Å². The van der Waals surface area contributed by atoms with Crippen molar-refractivity contribution < 1.29 is 19.1 Å². The minimum Gasteiger partial charge on any atom is -0.466 e. The second kappa shape index (κ2) is 34.4. The largest absolute Gasteiger partial charge is 0.466 e. The van der Waals surface area contributed by atoms with Crippen LogP contribution in [0.15, 0.2) is 0 Å². The highest BCUT2D eigenvalue weighted by Gasteiger charge is 2.17. The van der Waals surface area contributed by atoms with Gasteiger partial charge in [-0.15, -0.1) is 0 Å². The van der Waals surface area contributed by atoms with Crippen molar-refractivity contribution in [3.8, 4) is 0 Å². The molecule has 0 rings (SSSR count). The quantitative estimate of drug-likeness (QED) is 0.0591. The molecule has 0 aliphatic heterocycles. The van der Waals surface area contributed by atoms with Crippen molar-refractivity contribution in [1.29, 1.82) is 0 Å². The Morgan fingerprint density at radius 3 is 1.07 bits per heavy atom. The Kier molecular flexibility index (Phi) is 33.5. The van der Waals surface area contributed by atoms with Gasteiger partial charge in [-0.05, 0) is 19.3 Å². The molecular weight excluding hydrogens is 522 g/mol. The van der Waals surface area contributed by atoms with Crippen LogP contribution in [0.25, 0.3) is 0 Å². The number of nitrogens with two attached hydrogens (primary N) is 1. The molecule has 0 radical (unpaired) electrons. The number of hydrogen-bond donors (Lipinski definition) is 1. The zero-order valence-corrected chi connectivity index (χ0v) is 28.4. The van der Waals surface area contributed by atoms with Crippen LogP contribution < -0.4 is 5.73 Å². The van der Waals surface area contributed by atoms with Gasteiger partial charge >= 0.3 is 11.9 Å². The van der Waals surface area contributed by atoms with Crippen molar-refractivity contribution in [2.24, 2.45) is 5.73 Å². The van der Waals surface area contributed by atoms with Crippen LogP contribution in [0.5, 0.6) is 0 Å². The van der Waals surface area contributed by atoms with Gasteiger partial charge in [-0.2, -0.15) is 0 Å². The van der Waals surface area contributed by atoms with Gasteiger partial charge in [0, 0.05) is 6.42 Å². The molecule has 5 nitrogen and oxygen atoms in total. The van der Waals surface area contributed by atoms with Crippen molar-refractivity contribution in [2.75, 3.05) is 13.2 Å². The molecule has 1 atom stereocenters. The second-order valence-electron chi connectivity index (χ2n) is 12.7. The molecule has 0 aromatic heterocycles. The van der Waals surface area contributed by atoms with E-state index >= 15 is 0 Å². The van der Waals surface area contributed by atoms with Gasteiger partial charge in [0.25, 0.3) is 0 Å². The highest BCUT2D eigenvalue weighted by Crippen LogP contribution is 2.14. The average Bonchev–Trinajstić information content (AvgIpc) is 2.99. The third-order valence-corrected chi connectivity index (χ3v) is 8.47. The molecule has 5 heteroatoms. The second-order valence-corrected chi connectivity index (χ2v) is 12.7. The van der Waals surface area contributed by atoms with E-state index in [-0.39, 0.29) is 18.8 Å². The molecule has 0 spiro atoms. The van der Waals surface area contributed by atoms with Crippen molar-refractivity contribution in [1.82, 2.24) is 0 Å². The monoisotopic (exact) mass is 596 g/mol. The Morgan fingerprint density at radius 2 is 0.738 bits per heavy atom. The summed E-state index contributed by atoms with van der Waals surface area (Å²) in [5, 5.41) is 0. The first-order valence-electron chi connectivity index (χ1n) is 18.7. The van der Waals surface area contributed by atoms with E-state index in [1.54, 1.807) is 0 Å². The first kappa shape index (κ1) is 40.9. The van der Waals surface area contributed by atoms with E-state index in [2.05, 4.69) is 13.8 Å². The number of unbranched alkanes of at least 4 members (excludes halogenated alkanes) is 26. The molecule has 42 heavy (non-hydrogen) atoms. The van der Waals surface area contributed by atoms with Crippen LogP contribution in [-0.4, -0.2) is 31.2 Å². The number of rotatable bonds is 34. The zero-order valence-electron chi connectivity index (χ0n) is 28.4. The topological polar surface area (TPSA) is 78.6 Å². The van der Waals surface area contributed by atoms with E-state index in [1.807, 2.05) is 0 Å². The molecule has 0 aromatic rings. The summed E-state index contributed by atoms with van der Waals surface area (Å²) in [5.41, 5.74) is 5.93. The molecule has 0 bridgehead atoms. The number of carbonyl (C=O) groups is 2. The number of esters is 2. The lowest BCUT2D eigenvalue weighted by Gasteiger charge is -2.11. The molecule has 0 saturated carbocycles. The van der Waals surface area contributed by atoms with E-state index in [0.29, 0.717) is 13.2 Å². The van der Waals surface area contributed by atoms with Gasteiger partial charge in [-0.3, -0.25) is 9.59 Å². The van der Waals surface area contributed by atoms with E-state index in [1.165, 1.54) is 154 Å². The number of carbonyl (C=O) groups excluding carboxylic acids is 2. The maximum Gasteiger partial charge on any atom is 0.322 e. The van der Waals surface area contributed by atoms with E-state index in [4.69, 9.17) is 15.2 Å². The summed E-state index contributed by atoms with van der Waals surface area (Å²) in [6, 6.07) is -0.745. The third kappa shape index (κ3) is 31.8. The lowest BCUT2D eigenvalue weighted by Crippen LogP contribution is -2.33. The van der Waals surface area contributed by atoms with Crippen LogP contribution >= 0.6 is 0 Å². The van der Waals surface area contributed by atoms with Gasteiger partial charge in [0.15, 0.2) is 0 Å².